The Morgan fingerprint density at radius 1 is 1.03 bits per heavy atom. The van der Waals surface area contributed by atoms with Gasteiger partial charge in [-0.05, 0) is 33.6 Å². The number of carbonyl (C=O) groups excluding carboxylic acids is 2. The minimum Gasteiger partial charge on any atom is -0.444 e. The second-order valence-electron chi connectivity index (χ2n) is 8.75. The van der Waals surface area contributed by atoms with Gasteiger partial charge in [0, 0.05) is 17.7 Å². The van der Waals surface area contributed by atoms with Gasteiger partial charge in [-0.15, -0.1) is 0 Å². The number of benzene rings is 2. The Balaban J connectivity index is 1.58. The molecule has 0 aliphatic carbocycles. The molecule has 0 saturated carbocycles. The van der Waals surface area contributed by atoms with Crippen LogP contribution in [0.5, 0.6) is 0 Å². The number of hydrogen-bond donors (Lipinski definition) is 1. The number of oxazole rings is 1. The van der Waals surface area contributed by atoms with Crippen LogP contribution in [0.2, 0.25) is 0 Å². The monoisotopic (exact) mass is 433 g/mol. The van der Waals surface area contributed by atoms with E-state index in [-0.39, 0.29) is 11.9 Å². The summed E-state index contributed by atoms with van der Waals surface area (Å²) in [6, 6.07) is 18.8. The second kappa shape index (κ2) is 8.86. The lowest BCUT2D eigenvalue weighted by molar-refractivity contribution is -0.120. The van der Waals surface area contributed by atoms with Crippen molar-refractivity contribution in [1.82, 2.24) is 9.88 Å². The van der Waals surface area contributed by atoms with E-state index in [1.165, 1.54) is 4.90 Å². The molecule has 4 rings (SSSR count). The third kappa shape index (κ3) is 4.82. The van der Waals surface area contributed by atoms with Crippen LogP contribution in [0.15, 0.2) is 65.1 Å². The first-order chi connectivity index (χ1) is 15.3. The smallest absolute Gasteiger partial charge is 0.410 e. The lowest BCUT2D eigenvalue weighted by Gasteiger charge is -2.27. The molecule has 2 amide bonds. The van der Waals surface area contributed by atoms with E-state index in [1.807, 2.05) is 60.7 Å². The molecule has 166 valence electrons. The van der Waals surface area contributed by atoms with E-state index in [2.05, 4.69) is 10.3 Å². The lowest BCUT2D eigenvalue weighted by atomic mass is 10.1. The van der Waals surface area contributed by atoms with Crippen LogP contribution in [0.4, 0.5) is 10.8 Å². The summed E-state index contributed by atoms with van der Waals surface area (Å²) < 4.78 is 11.4. The van der Waals surface area contributed by atoms with Crippen LogP contribution in [0.1, 0.15) is 33.6 Å². The van der Waals surface area contributed by atoms with Gasteiger partial charge in [0.15, 0.2) is 5.76 Å². The van der Waals surface area contributed by atoms with Crippen LogP contribution < -0.4 is 5.32 Å². The van der Waals surface area contributed by atoms with Crippen molar-refractivity contribution in [2.24, 2.45) is 0 Å². The fourth-order valence-corrected chi connectivity index (χ4v) is 3.72. The predicted molar refractivity (Wildman–Crippen MR) is 122 cm³/mol. The van der Waals surface area contributed by atoms with Gasteiger partial charge < -0.3 is 9.15 Å². The Hall–Kier alpha value is -3.61. The van der Waals surface area contributed by atoms with Crippen molar-refractivity contribution in [2.75, 3.05) is 11.9 Å². The third-order valence-corrected chi connectivity index (χ3v) is 5.12. The summed E-state index contributed by atoms with van der Waals surface area (Å²) in [5.41, 5.74) is 1.75. The highest BCUT2D eigenvalue weighted by Crippen LogP contribution is 2.34. The molecule has 1 fully saturated rings. The molecule has 1 unspecified atom stereocenters. The fourth-order valence-electron chi connectivity index (χ4n) is 3.72. The summed E-state index contributed by atoms with van der Waals surface area (Å²) >= 11 is 0. The van der Waals surface area contributed by atoms with Gasteiger partial charge in [0.25, 0.3) is 5.91 Å². The number of ether oxygens (including phenoxy) is 1. The quantitative estimate of drug-likeness (QED) is 0.600. The summed E-state index contributed by atoms with van der Waals surface area (Å²) in [5, 5.41) is 2.77. The van der Waals surface area contributed by atoms with E-state index in [9.17, 15) is 9.59 Å². The highest BCUT2D eigenvalue weighted by Gasteiger charge is 2.37. The standard InChI is InChI=1S/C25H27N3O4/c1-25(2,3)32-24(30)28-16-10-15-19(28)22(29)27-23-26-20(17-11-6-4-7-12-17)21(31-23)18-13-8-5-9-14-18/h4-9,11-14,19H,10,15-16H2,1-3H3,(H,26,27,29). The summed E-state index contributed by atoms with van der Waals surface area (Å²) in [6.07, 6.45) is 0.800. The summed E-state index contributed by atoms with van der Waals surface area (Å²) in [4.78, 5) is 31.6. The number of rotatable bonds is 4. The Kier molecular flexibility index (Phi) is 5.99. The van der Waals surface area contributed by atoms with Crippen LogP contribution in [0.3, 0.4) is 0 Å². The van der Waals surface area contributed by atoms with Gasteiger partial charge in [-0.1, -0.05) is 60.7 Å². The van der Waals surface area contributed by atoms with Crippen molar-refractivity contribution < 1.29 is 18.7 Å². The Morgan fingerprint density at radius 3 is 2.28 bits per heavy atom. The topological polar surface area (TPSA) is 84.7 Å². The number of anilines is 1. The molecule has 2 aromatic carbocycles. The first kappa shape index (κ1) is 21.6. The molecule has 0 bridgehead atoms. The maximum absolute atomic E-state index is 13.0. The normalized spacial score (nSPS) is 16.1. The van der Waals surface area contributed by atoms with Crippen molar-refractivity contribution in [1.29, 1.82) is 0 Å². The average Bonchev–Trinajstić information content (AvgIpc) is 3.41. The fraction of sp³-hybridized carbons (Fsp3) is 0.320. The molecule has 1 aromatic heterocycles. The number of amides is 2. The highest BCUT2D eigenvalue weighted by atomic mass is 16.6. The Bertz CT molecular complexity index is 1030. The van der Waals surface area contributed by atoms with Crippen LogP contribution >= 0.6 is 0 Å². The minimum absolute atomic E-state index is 0.101. The molecule has 1 atom stereocenters. The Labute approximate surface area is 187 Å². The minimum atomic E-state index is -0.628. The molecule has 1 N–H and O–H groups in total. The van der Waals surface area contributed by atoms with Gasteiger partial charge >= 0.3 is 12.1 Å². The number of hydrogen-bond acceptors (Lipinski definition) is 5. The first-order valence-electron chi connectivity index (χ1n) is 10.7. The SMILES string of the molecule is CC(C)(C)OC(=O)N1CCCC1C(=O)Nc1nc(-c2ccccc2)c(-c2ccccc2)o1. The molecule has 0 radical (unpaired) electrons. The predicted octanol–water partition coefficient (Wildman–Crippen LogP) is 5.35. The molecule has 1 aliphatic heterocycles. The van der Waals surface area contributed by atoms with Crippen LogP contribution in [-0.2, 0) is 9.53 Å². The van der Waals surface area contributed by atoms with E-state index in [0.29, 0.717) is 24.4 Å². The van der Waals surface area contributed by atoms with E-state index < -0.39 is 17.7 Å². The van der Waals surface area contributed by atoms with E-state index in [1.54, 1.807) is 20.8 Å². The molecule has 32 heavy (non-hydrogen) atoms. The zero-order chi connectivity index (χ0) is 22.7. The van der Waals surface area contributed by atoms with Gasteiger partial charge in [0.2, 0.25) is 0 Å². The molecular weight excluding hydrogens is 406 g/mol. The van der Waals surface area contributed by atoms with Crippen LogP contribution in [-0.4, -0.2) is 40.1 Å². The largest absolute Gasteiger partial charge is 0.444 e. The van der Waals surface area contributed by atoms with E-state index >= 15 is 0 Å². The zero-order valence-corrected chi connectivity index (χ0v) is 18.5. The summed E-state index contributed by atoms with van der Waals surface area (Å²) in [7, 11) is 0. The van der Waals surface area contributed by atoms with Gasteiger partial charge in [-0.25, -0.2) is 4.79 Å². The van der Waals surface area contributed by atoms with Crippen molar-refractivity contribution in [2.45, 2.75) is 45.3 Å². The number of nitrogens with zero attached hydrogens (tertiary/aromatic N) is 2. The summed E-state index contributed by atoms with van der Waals surface area (Å²) in [6.45, 7) is 5.89. The maximum Gasteiger partial charge on any atom is 0.410 e. The second-order valence-corrected chi connectivity index (χ2v) is 8.75. The van der Waals surface area contributed by atoms with Gasteiger partial charge in [0.05, 0.1) is 0 Å². The highest BCUT2D eigenvalue weighted by molar-refractivity contribution is 5.96. The van der Waals surface area contributed by atoms with Crippen LogP contribution in [0.25, 0.3) is 22.6 Å². The number of carbonyl (C=O) groups is 2. The number of nitrogens with one attached hydrogen (secondary N) is 1. The molecular formula is C25H27N3O4. The molecule has 7 nitrogen and oxygen atoms in total. The summed E-state index contributed by atoms with van der Waals surface area (Å²) in [5.74, 6) is 0.233. The maximum atomic E-state index is 13.0. The Morgan fingerprint density at radius 2 is 1.66 bits per heavy atom. The van der Waals surface area contributed by atoms with E-state index in [4.69, 9.17) is 9.15 Å². The third-order valence-electron chi connectivity index (χ3n) is 5.12. The van der Waals surface area contributed by atoms with Gasteiger partial charge in [0.1, 0.15) is 17.3 Å². The van der Waals surface area contributed by atoms with Crippen molar-refractivity contribution in [3.63, 3.8) is 0 Å². The average molecular weight is 434 g/mol. The molecule has 1 saturated heterocycles. The molecule has 7 heteroatoms. The zero-order valence-electron chi connectivity index (χ0n) is 18.5. The molecule has 0 spiro atoms. The van der Waals surface area contributed by atoms with E-state index in [0.717, 1.165) is 17.5 Å². The molecule has 2 heterocycles. The first-order valence-corrected chi connectivity index (χ1v) is 10.7. The van der Waals surface area contributed by atoms with Crippen LogP contribution in [0, 0.1) is 0 Å². The van der Waals surface area contributed by atoms with Gasteiger partial charge in [-0.2, -0.15) is 4.98 Å². The number of likely N-dealkylation sites (tertiary alicyclic amines) is 1. The molecule has 3 aromatic rings. The van der Waals surface area contributed by atoms with Crippen molar-refractivity contribution >= 4 is 18.0 Å². The van der Waals surface area contributed by atoms with Gasteiger partial charge in [-0.3, -0.25) is 15.0 Å². The van der Waals surface area contributed by atoms with Crippen molar-refractivity contribution in [3.8, 4) is 22.6 Å². The number of aromatic nitrogens is 1. The van der Waals surface area contributed by atoms with Crippen molar-refractivity contribution in [3.05, 3.63) is 60.7 Å². The lowest BCUT2D eigenvalue weighted by Crippen LogP contribution is -2.45. The molecule has 1 aliphatic rings.